The van der Waals surface area contributed by atoms with E-state index in [1.165, 1.54) is 6.42 Å². The van der Waals surface area contributed by atoms with Crippen molar-refractivity contribution in [3.63, 3.8) is 0 Å². The summed E-state index contributed by atoms with van der Waals surface area (Å²) in [5.41, 5.74) is 0. The van der Waals surface area contributed by atoms with Crippen LogP contribution in [0.25, 0.3) is 0 Å². The van der Waals surface area contributed by atoms with Crippen molar-refractivity contribution < 1.29 is 18.0 Å². The summed E-state index contributed by atoms with van der Waals surface area (Å²) in [6.45, 7) is 0.701. The van der Waals surface area contributed by atoms with Gasteiger partial charge in [-0.2, -0.15) is 13.2 Å². The molecular formula is C14H20F3NO. The first-order chi connectivity index (χ1) is 8.85. The molecule has 0 heterocycles. The van der Waals surface area contributed by atoms with Gasteiger partial charge >= 0.3 is 6.18 Å². The summed E-state index contributed by atoms with van der Waals surface area (Å²) in [5, 5.41) is 0. The highest BCUT2D eigenvalue weighted by Gasteiger charge is 2.50. The minimum absolute atomic E-state index is 0.146. The van der Waals surface area contributed by atoms with Gasteiger partial charge in [0.1, 0.15) is 6.54 Å². The molecule has 3 atom stereocenters. The lowest BCUT2D eigenvalue weighted by molar-refractivity contribution is -0.168. The van der Waals surface area contributed by atoms with Crippen molar-refractivity contribution in [2.45, 2.75) is 51.2 Å². The van der Waals surface area contributed by atoms with Crippen molar-refractivity contribution in [3.8, 4) is 0 Å². The lowest BCUT2D eigenvalue weighted by atomic mass is 10.00. The number of fused-ring (bicyclic) bond motifs is 1. The zero-order valence-electron chi connectivity index (χ0n) is 11.1. The van der Waals surface area contributed by atoms with Gasteiger partial charge in [-0.3, -0.25) is 4.79 Å². The van der Waals surface area contributed by atoms with Crippen molar-refractivity contribution >= 4 is 5.91 Å². The molecule has 3 unspecified atom stereocenters. The SMILES string of the molecule is CC(C1CC1)N(CC(F)(F)F)C(=O)C1CC2CC2C1. The van der Waals surface area contributed by atoms with E-state index in [0.717, 1.165) is 30.6 Å². The molecule has 5 heteroatoms. The fourth-order valence-corrected chi connectivity index (χ4v) is 3.60. The Kier molecular flexibility index (Phi) is 3.06. The van der Waals surface area contributed by atoms with E-state index in [9.17, 15) is 18.0 Å². The van der Waals surface area contributed by atoms with Gasteiger partial charge in [-0.1, -0.05) is 0 Å². The second-order valence-electron chi connectivity index (χ2n) is 6.58. The molecule has 3 aliphatic rings. The van der Waals surface area contributed by atoms with Gasteiger partial charge in [0, 0.05) is 12.0 Å². The van der Waals surface area contributed by atoms with Crippen molar-refractivity contribution in [1.82, 2.24) is 4.90 Å². The molecule has 0 radical (unpaired) electrons. The van der Waals surface area contributed by atoms with Gasteiger partial charge in [-0.15, -0.1) is 0 Å². The molecule has 0 bridgehead atoms. The molecule has 3 fully saturated rings. The van der Waals surface area contributed by atoms with Gasteiger partial charge in [0.25, 0.3) is 0 Å². The maximum Gasteiger partial charge on any atom is 0.406 e. The summed E-state index contributed by atoms with van der Waals surface area (Å²) >= 11 is 0. The zero-order valence-corrected chi connectivity index (χ0v) is 11.1. The molecule has 0 N–H and O–H groups in total. The van der Waals surface area contributed by atoms with E-state index >= 15 is 0 Å². The number of alkyl halides is 3. The summed E-state index contributed by atoms with van der Waals surface area (Å²) in [6.07, 6.45) is 0.434. The van der Waals surface area contributed by atoms with Crippen LogP contribution in [0.3, 0.4) is 0 Å². The minimum atomic E-state index is -4.29. The number of halogens is 3. The van der Waals surface area contributed by atoms with Crippen molar-refractivity contribution in [1.29, 1.82) is 0 Å². The van der Waals surface area contributed by atoms with Crippen LogP contribution in [0.15, 0.2) is 0 Å². The summed E-state index contributed by atoms with van der Waals surface area (Å²) in [5.74, 6) is 1.13. The Morgan fingerprint density at radius 1 is 1.21 bits per heavy atom. The van der Waals surface area contributed by atoms with E-state index in [2.05, 4.69) is 0 Å². The highest BCUT2D eigenvalue weighted by molar-refractivity contribution is 5.80. The summed E-state index contributed by atoms with van der Waals surface area (Å²) in [6, 6.07) is -0.258. The van der Waals surface area contributed by atoms with E-state index in [1.807, 2.05) is 0 Å². The Balaban J connectivity index is 1.67. The Bertz CT molecular complexity index is 367. The highest BCUT2D eigenvalue weighted by atomic mass is 19.4. The van der Waals surface area contributed by atoms with E-state index < -0.39 is 12.7 Å². The Morgan fingerprint density at radius 3 is 2.26 bits per heavy atom. The molecule has 3 rings (SSSR count). The number of rotatable bonds is 4. The van der Waals surface area contributed by atoms with Crippen LogP contribution in [0, 0.1) is 23.7 Å². The smallest absolute Gasteiger partial charge is 0.330 e. The van der Waals surface area contributed by atoms with E-state index in [4.69, 9.17) is 0 Å². The number of nitrogens with zero attached hydrogens (tertiary/aromatic N) is 1. The van der Waals surface area contributed by atoms with Gasteiger partial charge < -0.3 is 4.90 Å². The molecule has 2 nitrogen and oxygen atoms in total. The molecule has 0 aromatic carbocycles. The van der Waals surface area contributed by atoms with Gasteiger partial charge in [-0.25, -0.2) is 0 Å². The maximum atomic E-state index is 12.7. The molecule has 3 aliphatic carbocycles. The van der Waals surface area contributed by atoms with Crippen molar-refractivity contribution in [2.24, 2.45) is 23.7 Å². The number of carbonyl (C=O) groups excluding carboxylic acids is 1. The Labute approximate surface area is 111 Å². The van der Waals surface area contributed by atoms with E-state index in [-0.39, 0.29) is 23.8 Å². The van der Waals surface area contributed by atoms with Gasteiger partial charge in [0.05, 0.1) is 0 Å². The molecule has 19 heavy (non-hydrogen) atoms. The quantitative estimate of drug-likeness (QED) is 0.771. The Morgan fingerprint density at radius 2 is 1.79 bits per heavy atom. The summed E-state index contributed by atoms with van der Waals surface area (Å²) in [7, 11) is 0. The largest absolute Gasteiger partial charge is 0.406 e. The van der Waals surface area contributed by atoms with Crippen molar-refractivity contribution in [2.75, 3.05) is 6.54 Å². The predicted molar refractivity (Wildman–Crippen MR) is 64.3 cm³/mol. The van der Waals surface area contributed by atoms with Crippen LogP contribution in [0.4, 0.5) is 13.2 Å². The topological polar surface area (TPSA) is 20.3 Å². The minimum Gasteiger partial charge on any atom is -0.330 e. The Hall–Kier alpha value is -0.740. The van der Waals surface area contributed by atoms with Crippen LogP contribution >= 0.6 is 0 Å². The molecule has 3 saturated carbocycles. The maximum absolute atomic E-state index is 12.7. The molecule has 108 valence electrons. The third kappa shape index (κ3) is 2.90. The molecule has 0 aliphatic heterocycles. The van der Waals surface area contributed by atoms with Gasteiger partial charge in [0.2, 0.25) is 5.91 Å². The second kappa shape index (κ2) is 4.38. The summed E-state index contributed by atoms with van der Waals surface area (Å²) in [4.78, 5) is 13.5. The second-order valence-corrected chi connectivity index (χ2v) is 6.58. The highest BCUT2D eigenvalue weighted by Crippen LogP contribution is 2.55. The van der Waals surface area contributed by atoms with Crippen LogP contribution in [0.2, 0.25) is 0 Å². The standard InChI is InChI=1S/C14H20F3NO/c1-8(9-2-3-9)18(7-14(15,16)17)13(19)12-5-10-4-11(10)6-12/h8-12H,2-7H2,1H3. The van der Waals surface area contributed by atoms with Crippen LogP contribution in [-0.4, -0.2) is 29.6 Å². The molecule has 0 aromatic rings. The van der Waals surface area contributed by atoms with Gasteiger partial charge in [-0.05, 0) is 56.8 Å². The van der Waals surface area contributed by atoms with E-state index in [1.54, 1.807) is 6.92 Å². The first-order valence-electron chi connectivity index (χ1n) is 7.22. The average Bonchev–Trinajstić information content (AvgIpc) is 3.23. The number of carbonyl (C=O) groups is 1. The van der Waals surface area contributed by atoms with Crippen LogP contribution in [0.5, 0.6) is 0 Å². The molecular weight excluding hydrogens is 255 g/mol. The monoisotopic (exact) mass is 275 g/mol. The third-order valence-corrected chi connectivity index (χ3v) is 5.02. The van der Waals surface area contributed by atoms with E-state index in [0.29, 0.717) is 11.8 Å². The van der Waals surface area contributed by atoms with Gasteiger partial charge in [0.15, 0.2) is 0 Å². The molecule has 1 amide bonds. The molecule has 0 aromatic heterocycles. The first-order valence-corrected chi connectivity index (χ1v) is 7.22. The normalized spacial score (nSPS) is 34.8. The lowest BCUT2D eigenvalue weighted by Gasteiger charge is -2.32. The van der Waals surface area contributed by atoms with Crippen LogP contribution < -0.4 is 0 Å². The zero-order chi connectivity index (χ0) is 13.8. The van der Waals surface area contributed by atoms with Crippen LogP contribution in [0.1, 0.15) is 39.0 Å². The van der Waals surface area contributed by atoms with Crippen LogP contribution in [-0.2, 0) is 4.79 Å². The number of hydrogen-bond donors (Lipinski definition) is 0. The number of amides is 1. The fraction of sp³-hybridized carbons (Fsp3) is 0.929. The first kappa shape index (κ1) is 13.3. The molecule has 0 saturated heterocycles. The third-order valence-electron chi connectivity index (χ3n) is 5.02. The number of hydrogen-bond acceptors (Lipinski definition) is 1. The predicted octanol–water partition coefficient (Wildman–Crippen LogP) is 3.22. The van der Waals surface area contributed by atoms with Crippen molar-refractivity contribution in [3.05, 3.63) is 0 Å². The molecule has 0 spiro atoms. The summed E-state index contributed by atoms with van der Waals surface area (Å²) < 4.78 is 38.1. The fourth-order valence-electron chi connectivity index (χ4n) is 3.60. The average molecular weight is 275 g/mol. The lowest BCUT2D eigenvalue weighted by Crippen LogP contribution is -2.47.